The molecule has 11 heteroatoms. The monoisotopic (exact) mass is 704 g/mol. The van der Waals surface area contributed by atoms with Gasteiger partial charge in [-0.25, -0.2) is 4.79 Å². The molecule has 4 aromatic rings. The average Bonchev–Trinajstić information content (AvgIpc) is 3.60. The molecule has 4 aromatic carbocycles. The van der Waals surface area contributed by atoms with Crippen LogP contribution in [0.3, 0.4) is 0 Å². The van der Waals surface area contributed by atoms with Crippen LogP contribution in [0, 0.1) is 0 Å². The van der Waals surface area contributed by atoms with E-state index >= 15 is 0 Å². The van der Waals surface area contributed by atoms with E-state index in [9.17, 15) is 14.4 Å². The fourth-order valence-corrected chi connectivity index (χ4v) is 6.20. The molecule has 0 aromatic heterocycles. The van der Waals surface area contributed by atoms with Crippen LogP contribution in [-0.2, 0) is 36.1 Å². The smallest absolute Gasteiger partial charge is 0.338 e. The highest BCUT2D eigenvalue weighted by molar-refractivity contribution is 5.95. The predicted molar refractivity (Wildman–Crippen MR) is 192 cm³/mol. The maximum Gasteiger partial charge on any atom is 0.338 e. The fourth-order valence-electron chi connectivity index (χ4n) is 6.20. The number of hydrogen-bond acceptors (Lipinski definition) is 9. The molecule has 1 fully saturated rings. The number of aliphatic hydroxyl groups is 2. The van der Waals surface area contributed by atoms with Crippen molar-refractivity contribution >= 4 is 23.9 Å². The van der Waals surface area contributed by atoms with Crippen LogP contribution in [0.2, 0.25) is 0 Å². The third-order valence-corrected chi connectivity index (χ3v) is 8.67. The van der Waals surface area contributed by atoms with Gasteiger partial charge in [-0.05, 0) is 47.5 Å². The Balaban J connectivity index is 1.27. The quantitative estimate of drug-likeness (QED) is 0.0858. The lowest BCUT2D eigenvalue weighted by atomic mass is 9.91. The first-order valence-corrected chi connectivity index (χ1v) is 17.0. The summed E-state index contributed by atoms with van der Waals surface area (Å²) in [4.78, 5) is 39.9. The summed E-state index contributed by atoms with van der Waals surface area (Å²) in [5.41, 5.74) is 3.92. The Bertz CT molecular complexity index is 1870. The van der Waals surface area contributed by atoms with Gasteiger partial charge in [-0.2, -0.15) is 0 Å². The van der Waals surface area contributed by atoms with Crippen molar-refractivity contribution in [3.05, 3.63) is 160 Å². The lowest BCUT2D eigenvalue weighted by Crippen LogP contribution is -2.43. The summed E-state index contributed by atoms with van der Waals surface area (Å²) < 4.78 is 25.0. The zero-order chi connectivity index (χ0) is 36.3. The van der Waals surface area contributed by atoms with Gasteiger partial charge in [0.1, 0.15) is 24.9 Å². The molecule has 1 heterocycles. The lowest BCUT2D eigenvalue weighted by molar-refractivity contribution is -0.157. The minimum absolute atomic E-state index is 0.0555. The Morgan fingerprint density at radius 1 is 0.788 bits per heavy atom. The Hall–Kier alpha value is -5.59. The Labute approximate surface area is 301 Å². The molecule has 6 rings (SSSR count). The Morgan fingerprint density at radius 2 is 1.50 bits per heavy atom. The first-order valence-electron chi connectivity index (χ1n) is 17.0. The largest absolute Gasteiger partial charge is 0.499 e. The van der Waals surface area contributed by atoms with Crippen molar-refractivity contribution in [2.75, 3.05) is 26.4 Å². The molecule has 52 heavy (non-hydrogen) atoms. The summed E-state index contributed by atoms with van der Waals surface area (Å²) in [6, 6.07) is 32.7. The highest BCUT2D eigenvalue weighted by Crippen LogP contribution is 2.47. The second kappa shape index (κ2) is 17.1. The van der Waals surface area contributed by atoms with E-state index in [2.05, 4.69) is 10.6 Å². The van der Waals surface area contributed by atoms with Crippen LogP contribution in [0.1, 0.15) is 49.4 Å². The van der Waals surface area contributed by atoms with Crippen LogP contribution in [-0.4, -0.2) is 72.7 Å². The number of aliphatic hydroxyl groups excluding tert-OH is 2. The second-order valence-corrected chi connectivity index (χ2v) is 12.2. The fraction of sp³-hybridized carbons (Fsp3) is 0.244. The molecule has 0 saturated carbocycles. The Kier molecular flexibility index (Phi) is 11.9. The van der Waals surface area contributed by atoms with E-state index in [-0.39, 0.29) is 51.1 Å². The summed E-state index contributed by atoms with van der Waals surface area (Å²) in [6.45, 7) is 0.122. The minimum Gasteiger partial charge on any atom is -0.499 e. The second-order valence-electron chi connectivity index (χ2n) is 12.2. The lowest BCUT2D eigenvalue weighted by Gasteiger charge is -2.31. The molecule has 4 N–H and O–H groups in total. The van der Waals surface area contributed by atoms with Crippen molar-refractivity contribution in [2.45, 2.75) is 37.1 Å². The van der Waals surface area contributed by atoms with Crippen LogP contribution in [0.25, 0.3) is 6.08 Å². The summed E-state index contributed by atoms with van der Waals surface area (Å²) >= 11 is 0. The van der Waals surface area contributed by atoms with Crippen molar-refractivity contribution < 1.29 is 43.5 Å². The van der Waals surface area contributed by atoms with E-state index in [4.69, 9.17) is 29.2 Å². The van der Waals surface area contributed by atoms with Crippen molar-refractivity contribution in [1.82, 2.24) is 10.6 Å². The molecular weight excluding hydrogens is 664 g/mol. The number of benzene rings is 4. The van der Waals surface area contributed by atoms with Crippen LogP contribution < -0.4 is 10.6 Å². The van der Waals surface area contributed by atoms with E-state index in [1.165, 1.54) is 6.26 Å². The molecule has 0 radical (unpaired) electrons. The first kappa shape index (κ1) is 36.2. The molecule has 1 saturated heterocycles. The molecule has 2 amide bonds. The molecule has 0 spiro atoms. The molecule has 1 aliphatic carbocycles. The van der Waals surface area contributed by atoms with Gasteiger partial charge in [0.2, 0.25) is 11.7 Å². The number of amides is 2. The van der Waals surface area contributed by atoms with Gasteiger partial charge in [-0.1, -0.05) is 84.9 Å². The number of nitrogens with one attached hydrogen (secondary N) is 2. The molecular formula is C41H40N2O9. The van der Waals surface area contributed by atoms with Crippen molar-refractivity contribution in [3.63, 3.8) is 0 Å². The highest BCUT2D eigenvalue weighted by atomic mass is 16.8. The maximum absolute atomic E-state index is 13.8. The number of carbonyl (C=O) groups excluding carboxylic acids is 3. The van der Waals surface area contributed by atoms with Gasteiger partial charge in [-0.3, -0.25) is 9.59 Å². The van der Waals surface area contributed by atoms with Gasteiger partial charge >= 0.3 is 5.97 Å². The number of hydrogen-bond donors (Lipinski definition) is 4. The molecule has 0 bridgehead atoms. The molecule has 3 atom stereocenters. The molecule has 1 aliphatic heterocycles. The predicted octanol–water partition coefficient (Wildman–Crippen LogP) is 4.25. The van der Waals surface area contributed by atoms with E-state index in [1.807, 2.05) is 60.7 Å². The summed E-state index contributed by atoms with van der Waals surface area (Å²) in [5, 5.41) is 23.6. The highest BCUT2D eigenvalue weighted by Gasteiger charge is 2.55. The van der Waals surface area contributed by atoms with Crippen LogP contribution in [0.5, 0.6) is 0 Å². The Morgan fingerprint density at radius 3 is 2.21 bits per heavy atom. The van der Waals surface area contributed by atoms with Gasteiger partial charge < -0.3 is 39.8 Å². The zero-order valence-electron chi connectivity index (χ0n) is 28.4. The van der Waals surface area contributed by atoms with E-state index in [0.29, 0.717) is 27.8 Å². The van der Waals surface area contributed by atoms with Gasteiger partial charge in [0, 0.05) is 41.8 Å². The van der Waals surface area contributed by atoms with E-state index in [1.54, 1.807) is 60.7 Å². The first-order chi connectivity index (χ1) is 25.4. The normalized spacial score (nSPS) is 19.0. The number of carbonyl (C=O) groups is 3. The van der Waals surface area contributed by atoms with Crippen molar-refractivity contribution in [2.24, 2.45) is 0 Å². The molecule has 2 aliphatic rings. The SMILES string of the molecule is O=C(NCc1cccc(C(=O)NCCO)c1)C1=C[C@H]2OC(c3ccccc3)(c3ccccc3)O[C@H]2[C@H](OC(=O)c2cccc(C=COCCO)c2)C1. The van der Waals surface area contributed by atoms with Crippen molar-refractivity contribution in [3.8, 4) is 0 Å². The van der Waals surface area contributed by atoms with Crippen LogP contribution in [0.15, 0.2) is 127 Å². The average molecular weight is 705 g/mol. The van der Waals surface area contributed by atoms with E-state index < -0.39 is 30.1 Å². The summed E-state index contributed by atoms with van der Waals surface area (Å²) in [6.07, 6.45) is 2.49. The number of ether oxygens (including phenoxy) is 4. The van der Waals surface area contributed by atoms with Crippen LogP contribution in [0.4, 0.5) is 0 Å². The third kappa shape index (κ3) is 8.47. The molecule has 11 nitrogen and oxygen atoms in total. The maximum atomic E-state index is 13.8. The molecule has 0 unspecified atom stereocenters. The minimum atomic E-state index is -1.35. The van der Waals surface area contributed by atoms with Gasteiger partial charge in [0.15, 0.2) is 0 Å². The summed E-state index contributed by atoms with van der Waals surface area (Å²) in [5.74, 6) is -2.66. The summed E-state index contributed by atoms with van der Waals surface area (Å²) in [7, 11) is 0. The van der Waals surface area contributed by atoms with E-state index in [0.717, 1.165) is 11.1 Å². The topological polar surface area (TPSA) is 153 Å². The number of rotatable bonds is 14. The number of fused-ring (bicyclic) bond motifs is 1. The van der Waals surface area contributed by atoms with Crippen LogP contribution >= 0.6 is 0 Å². The number of esters is 1. The van der Waals surface area contributed by atoms with Gasteiger partial charge in [-0.15, -0.1) is 0 Å². The van der Waals surface area contributed by atoms with Gasteiger partial charge in [0.05, 0.1) is 25.0 Å². The van der Waals surface area contributed by atoms with Gasteiger partial charge in [0.25, 0.3) is 5.91 Å². The van der Waals surface area contributed by atoms with Crippen molar-refractivity contribution in [1.29, 1.82) is 0 Å². The zero-order valence-corrected chi connectivity index (χ0v) is 28.4. The standard InChI is InChI=1S/C41H40N2O9/c44-19-18-42-38(46)30-11-8-10-29(24-30)27-43-39(47)32-25-35(50-40(48)31-12-7-9-28(23-31)17-21-49-22-20-45)37-36(26-32)51-41(52-37,33-13-3-1-4-14-33)34-15-5-2-6-16-34/h1-17,21,23-24,26,35-37,44-45H,18-20,22,25,27H2,(H,42,46)(H,43,47)/t35-,36-,37+/m1/s1. The molecule has 268 valence electrons. The third-order valence-electron chi connectivity index (χ3n) is 8.67.